The van der Waals surface area contributed by atoms with E-state index in [1.807, 2.05) is 47.9 Å². The minimum atomic E-state index is -0.310. The van der Waals surface area contributed by atoms with Crippen molar-refractivity contribution in [2.75, 3.05) is 0 Å². The molecule has 106 valence electrons. The molecular formula is C16H20N2O2. The number of nitrogens with two attached hydrogens (primary N) is 1. The first-order valence-electron chi connectivity index (χ1n) is 6.95. The van der Waals surface area contributed by atoms with E-state index >= 15 is 0 Å². The Kier molecular flexibility index (Phi) is 4.56. The molecule has 1 amide bonds. The first kappa shape index (κ1) is 14.3. The highest BCUT2D eigenvalue weighted by atomic mass is 16.1. The summed E-state index contributed by atoms with van der Waals surface area (Å²) >= 11 is 0. The lowest BCUT2D eigenvalue weighted by molar-refractivity contribution is -0.119. The predicted molar refractivity (Wildman–Crippen MR) is 78.5 cm³/mol. The van der Waals surface area contributed by atoms with Crippen molar-refractivity contribution in [3.8, 4) is 0 Å². The number of nitrogens with zero attached hydrogens (tertiary/aromatic N) is 1. The van der Waals surface area contributed by atoms with Gasteiger partial charge in [-0.3, -0.25) is 9.59 Å². The summed E-state index contributed by atoms with van der Waals surface area (Å²) in [6, 6.07) is 3.66. The summed E-state index contributed by atoms with van der Waals surface area (Å²) in [7, 11) is 0. The summed E-state index contributed by atoms with van der Waals surface area (Å²) in [4.78, 5) is 23.5. The Morgan fingerprint density at radius 3 is 2.90 bits per heavy atom. The molecule has 2 N–H and O–H groups in total. The molecule has 4 heteroatoms. The number of allylic oxidation sites excluding steroid dienone is 4. The molecule has 2 heterocycles. The third kappa shape index (κ3) is 2.90. The van der Waals surface area contributed by atoms with Crippen LogP contribution >= 0.6 is 0 Å². The van der Waals surface area contributed by atoms with Crippen LogP contribution in [-0.2, 0) is 11.3 Å². The van der Waals surface area contributed by atoms with E-state index in [0.29, 0.717) is 25.1 Å². The van der Waals surface area contributed by atoms with Crippen LogP contribution in [-0.4, -0.2) is 16.3 Å². The number of carbonyl (C=O) groups excluding carboxylic acids is 2. The molecule has 1 aromatic rings. The van der Waals surface area contributed by atoms with Crippen molar-refractivity contribution < 1.29 is 9.59 Å². The average Bonchev–Trinajstić information content (AvgIpc) is 2.98. The van der Waals surface area contributed by atoms with Gasteiger partial charge in [-0.25, -0.2) is 0 Å². The molecular weight excluding hydrogens is 252 g/mol. The van der Waals surface area contributed by atoms with Gasteiger partial charge in [0.05, 0.1) is 11.6 Å². The first-order valence-corrected chi connectivity index (χ1v) is 6.95. The molecule has 0 spiro atoms. The third-order valence-corrected chi connectivity index (χ3v) is 3.62. The monoisotopic (exact) mass is 272 g/mol. The maximum Gasteiger partial charge on any atom is 0.226 e. The maximum atomic E-state index is 12.2. The minimum Gasteiger partial charge on any atom is -0.369 e. The Balaban J connectivity index is 2.02. The quantitative estimate of drug-likeness (QED) is 0.639. The van der Waals surface area contributed by atoms with Crippen LogP contribution in [0.2, 0.25) is 0 Å². The van der Waals surface area contributed by atoms with Crippen LogP contribution in [0.25, 0.3) is 0 Å². The molecule has 1 atom stereocenters. The number of carbonyl (C=O) groups is 2. The molecule has 1 aliphatic rings. The van der Waals surface area contributed by atoms with Crippen LogP contribution in [0.1, 0.15) is 48.3 Å². The van der Waals surface area contributed by atoms with Crippen molar-refractivity contribution in [2.45, 2.75) is 38.6 Å². The van der Waals surface area contributed by atoms with Crippen molar-refractivity contribution >= 4 is 11.7 Å². The Hall–Kier alpha value is -2.10. The second-order valence-corrected chi connectivity index (χ2v) is 4.95. The van der Waals surface area contributed by atoms with Crippen molar-refractivity contribution in [2.24, 2.45) is 5.73 Å². The van der Waals surface area contributed by atoms with Gasteiger partial charge in [0.1, 0.15) is 0 Å². The van der Waals surface area contributed by atoms with Crippen molar-refractivity contribution in [1.82, 2.24) is 4.57 Å². The molecule has 0 aliphatic carbocycles. The zero-order valence-electron chi connectivity index (χ0n) is 11.7. The van der Waals surface area contributed by atoms with Gasteiger partial charge in [-0.1, -0.05) is 24.3 Å². The number of fused-ring (bicyclic) bond motifs is 1. The molecule has 0 fully saturated rings. The number of Topliss-reactive ketones (excluding diaryl/α,β-unsaturated/α-hetero) is 1. The van der Waals surface area contributed by atoms with E-state index in [0.717, 1.165) is 12.1 Å². The van der Waals surface area contributed by atoms with Crippen LogP contribution in [0.5, 0.6) is 0 Å². The zero-order chi connectivity index (χ0) is 14.5. The van der Waals surface area contributed by atoms with Crippen molar-refractivity contribution in [1.29, 1.82) is 0 Å². The van der Waals surface area contributed by atoms with Gasteiger partial charge < -0.3 is 10.3 Å². The molecule has 0 radical (unpaired) electrons. The summed E-state index contributed by atoms with van der Waals surface area (Å²) < 4.78 is 1.94. The van der Waals surface area contributed by atoms with Gasteiger partial charge in [0.25, 0.3) is 0 Å². The van der Waals surface area contributed by atoms with Crippen LogP contribution in [0.15, 0.2) is 36.4 Å². The summed E-state index contributed by atoms with van der Waals surface area (Å²) in [6.07, 6.45) is 9.73. The molecule has 4 nitrogen and oxygen atoms in total. The average molecular weight is 272 g/mol. The number of rotatable bonds is 6. The normalized spacial score (nSPS) is 17.9. The Bertz CT molecular complexity index is 567. The lowest BCUT2D eigenvalue weighted by Crippen LogP contribution is -2.19. The molecule has 1 aromatic heterocycles. The molecule has 2 rings (SSSR count). The van der Waals surface area contributed by atoms with E-state index in [4.69, 9.17) is 5.73 Å². The Morgan fingerprint density at radius 1 is 1.40 bits per heavy atom. The number of aromatic nitrogens is 1. The first-order chi connectivity index (χ1) is 9.65. The topological polar surface area (TPSA) is 65.1 Å². The molecule has 1 unspecified atom stereocenters. The molecule has 0 saturated heterocycles. The lowest BCUT2D eigenvalue weighted by atomic mass is 10.0. The van der Waals surface area contributed by atoms with E-state index in [9.17, 15) is 9.59 Å². The molecule has 1 aliphatic heterocycles. The summed E-state index contributed by atoms with van der Waals surface area (Å²) in [5.41, 5.74) is 6.95. The number of amides is 1. The van der Waals surface area contributed by atoms with Gasteiger partial charge >= 0.3 is 0 Å². The highest BCUT2D eigenvalue weighted by molar-refractivity contribution is 5.95. The fraction of sp³-hybridized carbons (Fsp3) is 0.375. The highest BCUT2D eigenvalue weighted by Crippen LogP contribution is 2.30. The van der Waals surface area contributed by atoms with Crippen LogP contribution < -0.4 is 5.73 Å². The SMILES string of the molecule is C/C=C\C=C/CCC(=O)c1ccc2n1CCC2C(N)=O. The Labute approximate surface area is 119 Å². The van der Waals surface area contributed by atoms with E-state index in [2.05, 4.69) is 0 Å². The van der Waals surface area contributed by atoms with Gasteiger partial charge in [-0.05, 0) is 31.9 Å². The smallest absolute Gasteiger partial charge is 0.226 e. The molecule has 0 aromatic carbocycles. The van der Waals surface area contributed by atoms with E-state index < -0.39 is 0 Å². The summed E-state index contributed by atoms with van der Waals surface area (Å²) in [5.74, 6) is -0.437. The van der Waals surface area contributed by atoms with Gasteiger partial charge in [-0.15, -0.1) is 0 Å². The zero-order valence-corrected chi connectivity index (χ0v) is 11.7. The Morgan fingerprint density at radius 2 is 2.20 bits per heavy atom. The highest BCUT2D eigenvalue weighted by Gasteiger charge is 2.29. The van der Waals surface area contributed by atoms with Gasteiger partial charge in [0, 0.05) is 18.7 Å². The number of ketones is 1. The van der Waals surface area contributed by atoms with Crippen LogP contribution in [0, 0.1) is 0 Å². The summed E-state index contributed by atoms with van der Waals surface area (Å²) in [6.45, 7) is 2.65. The third-order valence-electron chi connectivity index (χ3n) is 3.62. The van der Waals surface area contributed by atoms with E-state index in [1.54, 1.807) is 0 Å². The number of hydrogen-bond donors (Lipinski definition) is 1. The number of primary amides is 1. The lowest BCUT2D eigenvalue weighted by Gasteiger charge is -2.04. The largest absolute Gasteiger partial charge is 0.369 e. The predicted octanol–water partition coefficient (Wildman–Crippen LogP) is 2.56. The van der Waals surface area contributed by atoms with Gasteiger partial charge in [-0.2, -0.15) is 0 Å². The molecule has 20 heavy (non-hydrogen) atoms. The molecule has 0 saturated carbocycles. The van der Waals surface area contributed by atoms with Crippen LogP contribution in [0.4, 0.5) is 0 Å². The fourth-order valence-electron chi connectivity index (χ4n) is 2.60. The van der Waals surface area contributed by atoms with Gasteiger partial charge in [0.15, 0.2) is 5.78 Å². The fourth-order valence-corrected chi connectivity index (χ4v) is 2.60. The van der Waals surface area contributed by atoms with E-state index in [1.165, 1.54) is 0 Å². The number of hydrogen-bond acceptors (Lipinski definition) is 2. The van der Waals surface area contributed by atoms with Crippen molar-refractivity contribution in [3.05, 3.63) is 47.8 Å². The minimum absolute atomic E-state index is 0.117. The maximum absolute atomic E-state index is 12.2. The van der Waals surface area contributed by atoms with Crippen LogP contribution in [0.3, 0.4) is 0 Å². The summed E-state index contributed by atoms with van der Waals surface area (Å²) in [5, 5.41) is 0. The second-order valence-electron chi connectivity index (χ2n) is 4.95. The second kappa shape index (κ2) is 6.37. The standard InChI is InChI=1S/C16H20N2O2/c1-2-3-4-5-6-7-15(19)14-9-8-13-12(16(17)20)10-11-18(13)14/h2-5,8-9,12H,6-7,10-11H2,1H3,(H2,17,20)/b3-2-,5-4-. The molecule has 0 bridgehead atoms. The van der Waals surface area contributed by atoms with Crippen molar-refractivity contribution in [3.63, 3.8) is 0 Å². The van der Waals surface area contributed by atoms with Gasteiger partial charge in [0.2, 0.25) is 5.91 Å². The van der Waals surface area contributed by atoms with E-state index in [-0.39, 0.29) is 17.6 Å².